The lowest BCUT2D eigenvalue weighted by molar-refractivity contribution is -0.140. The van der Waals surface area contributed by atoms with E-state index in [-0.39, 0.29) is 33.5 Å². The number of halogens is 2. The molecule has 198 valence electrons. The van der Waals surface area contributed by atoms with Crippen molar-refractivity contribution < 1.29 is 24.2 Å². The standard InChI is InChI=1S/C30H29Cl2NO5/c1-17(2)16-38-22-10-8-19(9-11-22)15-33-26(20-7-5-6-18(3)12-20)25(28(35)30(33)36)27(34)23-13-21(31)14-24(32)29(23)37-4/h5-14,17,26,34H,15-16H2,1-4H3/b27-25+. The highest BCUT2D eigenvalue weighted by atomic mass is 35.5. The summed E-state index contributed by atoms with van der Waals surface area (Å²) in [6, 6.07) is 17.0. The summed E-state index contributed by atoms with van der Waals surface area (Å²) in [6.45, 7) is 6.81. The number of benzene rings is 3. The van der Waals surface area contributed by atoms with Crippen LogP contribution >= 0.6 is 23.2 Å². The summed E-state index contributed by atoms with van der Waals surface area (Å²) >= 11 is 12.5. The van der Waals surface area contributed by atoms with Crippen molar-refractivity contribution in [2.45, 2.75) is 33.4 Å². The number of nitrogens with zero attached hydrogens (tertiary/aromatic N) is 1. The van der Waals surface area contributed by atoms with E-state index in [0.29, 0.717) is 18.1 Å². The number of hydrogen-bond acceptors (Lipinski definition) is 5. The summed E-state index contributed by atoms with van der Waals surface area (Å²) in [5.74, 6) is -0.654. The summed E-state index contributed by atoms with van der Waals surface area (Å²) in [6.07, 6.45) is 0. The van der Waals surface area contributed by atoms with Crippen molar-refractivity contribution in [3.63, 3.8) is 0 Å². The van der Waals surface area contributed by atoms with Gasteiger partial charge in [-0.05, 0) is 48.2 Å². The van der Waals surface area contributed by atoms with Crippen molar-refractivity contribution >= 4 is 40.7 Å². The number of carbonyl (C=O) groups excluding carboxylic acids is 2. The molecule has 38 heavy (non-hydrogen) atoms. The third-order valence-electron chi connectivity index (χ3n) is 6.23. The van der Waals surface area contributed by atoms with Gasteiger partial charge in [-0.15, -0.1) is 0 Å². The zero-order valence-electron chi connectivity index (χ0n) is 21.6. The maximum absolute atomic E-state index is 13.4. The van der Waals surface area contributed by atoms with Crippen LogP contribution in [0.4, 0.5) is 0 Å². The van der Waals surface area contributed by atoms with Gasteiger partial charge in [-0.25, -0.2) is 0 Å². The van der Waals surface area contributed by atoms with Crippen molar-refractivity contribution in [2.75, 3.05) is 13.7 Å². The summed E-state index contributed by atoms with van der Waals surface area (Å²) in [5.41, 5.74) is 2.52. The minimum atomic E-state index is -0.839. The Hall–Kier alpha value is -3.48. The van der Waals surface area contributed by atoms with Crippen LogP contribution in [0, 0.1) is 12.8 Å². The number of aryl methyl sites for hydroxylation is 1. The van der Waals surface area contributed by atoms with Crippen molar-refractivity contribution in [1.29, 1.82) is 0 Å². The predicted octanol–water partition coefficient (Wildman–Crippen LogP) is 6.97. The first-order chi connectivity index (χ1) is 18.1. The lowest BCUT2D eigenvalue weighted by Gasteiger charge is -2.26. The molecule has 1 aliphatic rings. The number of ether oxygens (including phenoxy) is 2. The van der Waals surface area contributed by atoms with E-state index < -0.39 is 23.5 Å². The molecule has 0 radical (unpaired) electrons. The Bertz CT molecular complexity index is 1400. The molecular formula is C30H29Cl2NO5. The zero-order chi connectivity index (χ0) is 27.6. The average molecular weight is 554 g/mol. The molecule has 3 aromatic rings. The van der Waals surface area contributed by atoms with Crippen LogP contribution in [0.1, 0.15) is 42.1 Å². The molecule has 1 aliphatic heterocycles. The number of Topliss-reactive ketones (excluding diaryl/α,β-unsaturated/α-hetero) is 1. The average Bonchev–Trinajstić information content (AvgIpc) is 3.12. The van der Waals surface area contributed by atoms with Gasteiger partial charge in [0.1, 0.15) is 17.3 Å². The van der Waals surface area contributed by atoms with E-state index in [1.807, 2.05) is 55.5 Å². The number of ketones is 1. The molecule has 1 N–H and O–H groups in total. The van der Waals surface area contributed by atoms with E-state index >= 15 is 0 Å². The smallest absolute Gasteiger partial charge is 0.295 e. The first-order valence-corrected chi connectivity index (χ1v) is 13.0. The second-order valence-electron chi connectivity index (χ2n) is 9.66. The second-order valence-corrected chi connectivity index (χ2v) is 10.5. The zero-order valence-corrected chi connectivity index (χ0v) is 23.1. The highest BCUT2D eigenvalue weighted by molar-refractivity contribution is 6.46. The normalized spacial score (nSPS) is 16.8. The van der Waals surface area contributed by atoms with Crippen LogP contribution in [0.2, 0.25) is 10.0 Å². The van der Waals surface area contributed by atoms with E-state index in [9.17, 15) is 14.7 Å². The molecule has 1 heterocycles. The monoisotopic (exact) mass is 553 g/mol. The highest BCUT2D eigenvalue weighted by Gasteiger charge is 2.46. The van der Waals surface area contributed by atoms with Crippen LogP contribution in [-0.2, 0) is 16.1 Å². The van der Waals surface area contributed by atoms with Crippen LogP contribution in [-0.4, -0.2) is 35.4 Å². The molecule has 6 nitrogen and oxygen atoms in total. The number of carbonyl (C=O) groups is 2. The number of methoxy groups -OCH3 is 1. The molecular weight excluding hydrogens is 525 g/mol. The van der Waals surface area contributed by atoms with E-state index in [2.05, 4.69) is 13.8 Å². The SMILES string of the molecule is COc1c(Cl)cc(Cl)cc1/C(O)=C1\C(=O)C(=O)N(Cc2ccc(OCC(C)C)cc2)C1c1cccc(C)c1. The largest absolute Gasteiger partial charge is 0.507 e. The topological polar surface area (TPSA) is 76.1 Å². The molecule has 1 fully saturated rings. The van der Waals surface area contributed by atoms with Crippen molar-refractivity contribution in [3.8, 4) is 11.5 Å². The fourth-order valence-electron chi connectivity index (χ4n) is 4.47. The van der Waals surface area contributed by atoms with Crippen molar-refractivity contribution in [3.05, 3.63) is 98.5 Å². The van der Waals surface area contributed by atoms with Crippen LogP contribution in [0.3, 0.4) is 0 Å². The van der Waals surface area contributed by atoms with Crippen molar-refractivity contribution in [1.82, 2.24) is 4.90 Å². The molecule has 4 rings (SSSR count). The number of aliphatic hydroxyl groups is 1. The quantitative estimate of drug-likeness (QED) is 0.185. The van der Waals surface area contributed by atoms with E-state index in [0.717, 1.165) is 16.9 Å². The molecule has 1 amide bonds. The molecule has 0 saturated carbocycles. The van der Waals surface area contributed by atoms with Crippen LogP contribution in [0.5, 0.6) is 11.5 Å². The molecule has 0 aromatic heterocycles. The lowest BCUT2D eigenvalue weighted by atomic mass is 9.94. The molecule has 0 spiro atoms. The van der Waals surface area contributed by atoms with Crippen LogP contribution in [0.25, 0.3) is 5.76 Å². The third-order valence-corrected chi connectivity index (χ3v) is 6.72. The summed E-state index contributed by atoms with van der Waals surface area (Å²) in [4.78, 5) is 28.3. The number of aliphatic hydroxyl groups excluding tert-OH is 1. The van der Waals surface area contributed by atoms with Gasteiger partial charge in [0.05, 0.1) is 35.9 Å². The molecule has 0 aliphatic carbocycles. The van der Waals surface area contributed by atoms with Crippen LogP contribution < -0.4 is 9.47 Å². The van der Waals surface area contributed by atoms with Crippen LogP contribution in [0.15, 0.2) is 66.2 Å². The van der Waals surface area contributed by atoms with E-state index in [4.69, 9.17) is 32.7 Å². The Kier molecular flexibility index (Phi) is 8.34. The maximum Gasteiger partial charge on any atom is 0.295 e. The number of hydrogen-bond donors (Lipinski definition) is 1. The molecule has 8 heteroatoms. The van der Waals surface area contributed by atoms with Gasteiger partial charge in [-0.2, -0.15) is 0 Å². The van der Waals surface area contributed by atoms with Gasteiger partial charge in [-0.1, -0.05) is 79.0 Å². The van der Waals surface area contributed by atoms with Gasteiger partial charge in [0, 0.05) is 11.6 Å². The van der Waals surface area contributed by atoms with E-state index in [1.54, 1.807) is 0 Å². The molecule has 1 unspecified atom stereocenters. The Morgan fingerprint density at radius 3 is 2.39 bits per heavy atom. The van der Waals surface area contributed by atoms with Gasteiger partial charge in [0.15, 0.2) is 0 Å². The van der Waals surface area contributed by atoms with Gasteiger partial charge in [0.25, 0.3) is 11.7 Å². The third kappa shape index (κ3) is 5.66. The summed E-state index contributed by atoms with van der Waals surface area (Å²) in [5, 5.41) is 11.9. The minimum absolute atomic E-state index is 0.0610. The molecule has 1 atom stereocenters. The maximum atomic E-state index is 13.4. The highest BCUT2D eigenvalue weighted by Crippen LogP contribution is 2.44. The number of likely N-dealkylation sites (tertiary alicyclic amines) is 1. The Morgan fingerprint density at radius 2 is 1.76 bits per heavy atom. The summed E-state index contributed by atoms with van der Waals surface area (Å²) < 4.78 is 11.2. The number of amides is 1. The lowest BCUT2D eigenvalue weighted by Crippen LogP contribution is -2.29. The Balaban J connectivity index is 1.80. The van der Waals surface area contributed by atoms with Gasteiger partial charge in [-0.3, -0.25) is 9.59 Å². The fourth-order valence-corrected chi connectivity index (χ4v) is 5.04. The van der Waals surface area contributed by atoms with Gasteiger partial charge in [0.2, 0.25) is 0 Å². The number of rotatable bonds is 8. The first kappa shape index (κ1) is 27.6. The minimum Gasteiger partial charge on any atom is -0.507 e. The predicted molar refractivity (Wildman–Crippen MR) is 149 cm³/mol. The Labute approximate surface area is 232 Å². The molecule has 3 aromatic carbocycles. The van der Waals surface area contributed by atoms with Gasteiger partial charge >= 0.3 is 0 Å². The van der Waals surface area contributed by atoms with Crippen molar-refractivity contribution in [2.24, 2.45) is 5.92 Å². The second kappa shape index (κ2) is 11.5. The Morgan fingerprint density at radius 1 is 1.05 bits per heavy atom. The van der Waals surface area contributed by atoms with Gasteiger partial charge < -0.3 is 19.5 Å². The fraction of sp³-hybridized carbons (Fsp3) is 0.267. The first-order valence-electron chi connectivity index (χ1n) is 12.2. The summed E-state index contributed by atoms with van der Waals surface area (Å²) in [7, 11) is 1.40. The molecule has 0 bridgehead atoms. The van der Waals surface area contributed by atoms with E-state index in [1.165, 1.54) is 24.1 Å². The molecule has 1 saturated heterocycles.